The van der Waals surface area contributed by atoms with Gasteiger partial charge in [-0.25, -0.2) is 4.98 Å². The van der Waals surface area contributed by atoms with E-state index in [0.29, 0.717) is 45.0 Å². The fraction of sp³-hybridized carbons (Fsp3) is 0.533. The number of aromatic nitrogens is 1. The molecule has 110 valence electrons. The second-order valence-electron chi connectivity index (χ2n) is 4.82. The van der Waals surface area contributed by atoms with Crippen LogP contribution in [-0.4, -0.2) is 43.3 Å². The zero-order valence-electron chi connectivity index (χ0n) is 12.1. The van der Waals surface area contributed by atoms with Crippen molar-refractivity contribution in [3.63, 3.8) is 0 Å². The SMILES string of the molecule is COc1ccc(C(C#N)(CCC#N)N2CCOCC2)cn1. The second kappa shape index (κ2) is 7.03. The Morgan fingerprint density at radius 2 is 2.14 bits per heavy atom. The topological polar surface area (TPSA) is 82.2 Å². The monoisotopic (exact) mass is 286 g/mol. The first-order valence-corrected chi connectivity index (χ1v) is 6.88. The first kappa shape index (κ1) is 15.2. The van der Waals surface area contributed by atoms with Gasteiger partial charge in [0, 0.05) is 37.3 Å². The van der Waals surface area contributed by atoms with Crippen LogP contribution in [-0.2, 0) is 10.3 Å². The number of methoxy groups -OCH3 is 1. The molecule has 0 bridgehead atoms. The standard InChI is InChI=1S/C15H18N4O2/c1-20-14-4-3-13(11-18-14)15(12-17,5-2-6-16)19-7-9-21-10-8-19/h3-4,11H,2,5,7-10H2,1H3. The molecule has 1 aliphatic rings. The number of nitriles is 2. The van der Waals surface area contributed by atoms with E-state index in [9.17, 15) is 5.26 Å². The summed E-state index contributed by atoms with van der Waals surface area (Å²) in [4.78, 5) is 6.28. The van der Waals surface area contributed by atoms with Crippen LogP contribution in [0.4, 0.5) is 0 Å². The smallest absolute Gasteiger partial charge is 0.212 e. The molecule has 0 radical (unpaired) electrons. The molecule has 21 heavy (non-hydrogen) atoms. The van der Waals surface area contributed by atoms with Crippen molar-refractivity contribution in [3.8, 4) is 18.0 Å². The van der Waals surface area contributed by atoms with Crippen LogP contribution < -0.4 is 4.74 Å². The van der Waals surface area contributed by atoms with Crippen molar-refractivity contribution in [2.45, 2.75) is 18.4 Å². The summed E-state index contributed by atoms with van der Waals surface area (Å²) in [5, 5.41) is 18.7. The summed E-state index contributed by atoms with van der Waals surface area (Å²) >= 11 is 0. The lowest BCUT2D eigenvalue weighted by Gasteiger charge is -2.40. The normalized spacial score (nSPS) is 18.2. The molecular formula is C15H18N4O2. The number of hydrogen-bond acceptors (Lipinski definition) is 6. The molecule has 1 aromatic heterocycles. The van der Waals surface area contributed by atoms with E-state index in [1.807, 2.05) is 6.07 Å². The molecule has 0 N–H and O–H groups in total. The number of morpholine rings is 1. The van der Waals surface area contributed by atoms with E-state index >= 15 is 0 Å². The molecule has 0 saturated carbocycles. The van der Waals surface area contributed by atoms with Crippen LogP contribution in [0.25, 0.3) is 0 Å². The predicted molar refractivity (Wildman–Crippen MR) is 75.3 cm³/mol. The van der Waals surface area contributed by atoms with E-state index in [1.165, 1.54) is 0 Å². The van der Waals surface area contributed by atoms with Crippen LogP contribution in [0, 0.1) is 22.7 Å². The minimum absolute atomic E-state index is 0.316. The van der Waals surface area contributed by atoms with Gasteiger partial charge in [-0.1, -0.05) is 0 Å². The lowest BCUT2D eigenvalue weighted by atomic mass is 9.85. The van der Waals surface area contributed by atoms with E-state index in [0.717, 1.165) is 5.56 Å². The van der Waals surface area contributed by atoms with Gasteiger partial charge in [0.25, 0.3) is 0 Å². The number of hydrogen-bond donors (Lipinski definition) is 0. The molecule has 2 heterocycles. The quantitative estimate of drug-likeness (QED) is 0.814. The highest BCUT2D eigenvalue weighted by molar-refractivity contribution is 5.32. The van der Waals surface area contributed by atoms with E-state index in [1.54, 1.807) is 19.4 Å². The van der Waals surface area contributed by atoms with Crippen molar-refractivity contribution in [1.82, 2.24) is 9.88 Å². The number of rotatable bonds is 5. The summed E-state index contributed by atoms with van der Waals surface area (Å²) in [6, 6.07) is 8.14. The minimum atomic E-state index is -0.835. The van der Waals surface area contributed by atoms with Crippen LogP contribution in [0.2, 0.25) is 0 Å². The lowest BCUT2D eigenvalue weighted by Crippen LogP contribution is -2.50. The zero-order valence-corrected chi connectivity index (χ0v) is 12.1. The van der Waals surface area contributed by atoms with Gasteiger partial charge in [0.2, 0.25) is 5.88 Å². The van der Waals surface area contributed by atoms with E-state index in [4.69, 9.17) is 14.7 Å². The first-order valence-electron chi connectivity index (χ1n) is 6.88. The highest BCUT2D eigenvalue weighted by Gasteiger charge is 2.39. The maximum Gasteiger partial charge on any atom is 0.212 e. The van der Waals surface area contributed by atoms with Gasteiger partial charge in [0.05, 0.1) is 32.5 Å². The Morgan fingerprint density at radius 1 is 1.38 bits per heavy atom. The molecule has 1 fully saturated rings. The Bertz CT molecular complexity index is 540. The van der Waals surface area contributed by atoms with Gasteiger partial charge in [0.1, 0.15) is 5.54 Å². The van der Waals surface area contributed by atoms with Gasteiger partial charge in [0.15, 0.2) is 0 Å². The third kappa shape index (κ3) is 3.13. The van der Waals surface area contributed by atoms with Crippen LogP contribution in [0.15, 0.2) is 18.3 Å². The maximum absolute atomic E-state index is 9.83. The number of nitrogens with zero attached hydrogens (tertiary/aromatic N) is 4. The fourth-order valence-electron chi connectivity index (χ4n) is 2.60. The molecule has 0 aromatic carbocycles. The molecule has 1 aromatic rings. The highest BCUT2D eigenvalue weighted by atomic mass is 16.5. The van der Waals surface area contributed by atoms with Crippen LogP contribution in [0.1, 0.15) is 18.4 Å². The number of pyridine rings is 1. The fourth-order valence-corrected chi connectivity index (χ4v) is 2.60. The van der Waals surface area contributed by atoms with Crippen molar-refractivity contribution in [3.05, 3.63) is 23.9 Å². The first-order chi connectivity index (χ1) is 10.3. The van der Waals surface area contributed by atoms with Crippen molar-refractivity contribution in [2.24, 2.45) is 0 Å². The molecule has 1 aliphatic heterocycles. The van der Waals surface area contributed by atoms with Crippen molar-refractivity contribution in [2.75, 3.05) is 33.4 Å². The Morgan fingerprint density at radius 3 is 2.67 bits per heavy atom. The Kier molecular flexibility index (Phi) is 5.10. The van der Waals surface area contributed by atoms with Crippen LogP contribution in [0.3, 0.4) is 0 Å². The summed E-state index contributed by atoms with van der Waals surface area (Å²) in [6.45, 7) is 2.54. The van der Waals surface area contributed by atoms with Crippen molar-refractivity contribution < 1.29 is 9.47 Å². The van der Waals surface area contributed by atoms with Crippen molar-refractivity contribution >= 4 is 0 Å². The second-order valence-corrected chi connectivity index (χ2v) is 4.82. The zero-order chi connectivity index (χ0) is 15.1. The Labute approximate surface area is 124 Å². The van der Waals surface area contributed by atoms with Gasteiger partial charge in [-0.15, -0.1) is 0 Å². The predicted octanol–water partition coefficient (Wildman–Crippen LogP) is 1.45. The van der Waals surface area contributed by atoms with Gasteiger partial charge < -0.3 is 9.47 Å². The maximum atomic E-state index is 9.83. The number of ether oxygens (including phenoxy) is 2. The molecule has 0 aliphatic carbocycles. The molecule has 1 saturated heterocycles. The summed E-state index contributed by atoms with van der Waals surface area (Å²) in [5.74, 6) is 0.507. The average molecular weight is 286 g/mol. The lowest BCUT2D eigenvalue weighted by molar-refractivity contribution is -0.00758. The third-order valence-corrected chi connectivity index (χ3v) is 3.76. The molecular weight excluding hydrogens is 268 g/mol. The van der Waals surface area contributed by atoms with E-state index in [-0.39, 0.29) is 0 Å². The van der Waals surface area contributed by atoms with E-state index in [2.05, 4.69) is 22.0 Å². The summed E-state index contributed by atoms with van der Waals surface area (Å²) in [5.41, 5.74) is -0.0401. The Balaban J connectivity index is 2.37. The summed E-state index contributed by atoms with van der Waals surface area (Å²) in [6.07, 6.45) is 2.43. The van der Waals surface area contributed by atoms with Gasteiger partial charge in [-0.3, -0.25) is 4.90 Å². The minimum Gasteiger partial charge on any atom is -0.481 e. The molecule has 2 rings (SSSR count). The van der Waals surface area contributed by atoms with Crippen LogP contribution in [0.5, 0.6) is 5.88 Å². The highest BCUT2D eigenvalue weighted by Crippen LogP contribution is 2.33. The molecule has 1 atom stereocenters. The molecule has 6 nitrogen and oxygen atoms in total. The molecule has 0 amide bonds. The van der Waals surface area contributed by atoms with Gasteiger partial charge in [-0.05, 0) is 12.5 Å². The molecule has 0 spiro atoms. The molecule has 1 unspecified atom stereocenters. The molecule has 6 heteroatoms. The van der Waals surface area contributed by atoms with Crippen molar-refractivity contribution in [1.29, 1.82) is 10.5 Å². The summed E-state index contributed by atoms with van der Waals surface area (Å²) in [7, 11) is 1.55. The van der Waals surface area contributed by atoms with Gasteiger partial charge in [-0.2, -0.15) is 10.5 Å². The summed E-state index contributed by atoms with van der Waals surface area (Å²) < 4.78 is 10.4. The van der Waals surface area contributed by atoms with Gasteiger partial charge >= 0.3 is 0 Å². The Hall–Kier alpha value is -2.15. The van der Waals surface area contributed by atoms with E-state index < -0.39 is 5.54 Å². The largest absolute Gasteiger partial charge is 0.481 e. The average Bonchev–Trinajstić information content (AvgIpc) is 2.57. The van der Waals surface area contributed by atoms with Crippen LogP contribution >= 0.6 is 0 Å². The third-order valence-electron chi connectivity index (χ3n) is 3.76.